The van der Waals surface area contributed by atoms with Gasteiger partial charge in [-0.25, -0.2) is 8.42 Å². The molecule has 6 rings (SSSR count). The Labute approximate surface area is 362 Å². The Morgan fingerprint density at radius 1 is 0.950 bits per heavy atom. The molecule has 2 N–H and O–H groups in total. The lowest BCUT2D eigenvalue weighted by Crippen LogP contribution is -2.58. The molecule has 2 aliphatic carbocycles. The molecule has 1 saturated heterocycles. The normalized spacial score (nSPS) is 28.8. The second-order valence-corrected chi connectivity index (χ2v) is 21.9. The van der Waals surface area contributed by atoms with Gasteiger partial charge in [0.05, 0.1) is 23.0 Å². The number of amides is 3. The number of allylic oxidation sites excluding steroid dienone is 1. The predicted octanol–water partition coefficient (Wildman–Crippen LogP) is 8.17. The zero-order valence-corrected chi connectivity index (χ0v) is 39.1. The molecule has 0 radical (unpaired) electrons. The van der Waals surface area contributed by atoms with Gasteiger partial charge in [0.1, 0.15) is 22.9 Å². The fourth-order valence-corrected chi connectivity index (χ4v) is 11.8. The van der Waals surface area contributed by atoms with Gasteiger partial charge in [-0.1, -0.05) is 91.2 Å². The number of pyridine rings is 1. The lowest BCUT2D eigenvalue weighted by molar-refractivity contribution is -0.144. The number of fused-ring (bicyclic) bond motifs is 3. The summed E-state index contributed by atoms with van der Waals surface area (Å²) in [7, 11) is -3.94. The molecule has 336 valence electrons. The molecule has 1 aromatic rings. The van der Waals surface area contributed by atoms with Crippen molar-refractivity contribution in [2.75, 3.05) is 19.6 Å². The highest BCUT2D eigenvalue weighted by molar-refractivity contribution is 7.91. The van der Waals surface area contributed by atoms with Gasteiger partial charge in [0.2, 0.25) is 21.8 Å². The van der Waals surface area contributed by atoms with E-state index in [2.05, 4.69) is 55.6 Å². The van der Waals surface area contributed by atoms with Gasteiger partial charge >= 0.3 is 0 Å². The number of aryl methyl sites for hydroxylation is 2. The molecule has 0 bridgehead atoms. The summed E-state index contributed by atoms with van der Waals surface area (Å²) in [4.78, 5) is 53.9. The molecule has 7 unspecified atom stereocenters. The quantitative estimate of drug-likeness (QED) is 0.159. The van der Waals surface area contributed by atoms with E-state index in [9.17, 15) is 13.2 Å². The van der Waals surface area contributed by atoms with Crippen molar-refractivity contribution in [3.8, 4) is 5.75 Å². The van der Waals surface area contributed by atoms with E-state index >= 15 is 9.59 Å². The van der Waals surface area contributed by atoms with Crippen molar-refractivity contribution in [1.82, 2.24) is 24.8 Å². The third-order valence-corrected chi connectivity index (χ3v) is 17.5. The van der Waals surface area contributed by atoms with E-state index in [0.717, 1.165) is 112 Å². The molecule has 1 spiro atoms. The minimum absolute atomic E-state index is 0.0356. The molecule has 5 aliphatic rings. The summed E-state index contributed by atoms with van der Waals surface area (Å²) in [5, 5.41) is 3.12. The van der Waals surface area contributed by atoms with Crippen LogP contribution in [-0.4, -0.2) is 88.5 Å². The first-order chi connectivity index (χ1) is 28.6. The molecule has 3 fully saturated rings. The lowest BCUT2D eigenvalue weighted by Gasteiger charge is -2.38. The minimum Gasteiger partial charge on any atom is -0.483 e. The van der Waals surface area contributed by atoms with Gasteiger partial charge in [-0.3, -0.25) is 29.0 Å². The molecular weight excluding hydrogens is 775 g/mol. The maximum atomic E-state index is 15.6. The summed E-state index contributed by atoms with van der Waals surface area (Å²) >= 11 is 0. The predicted molar refractivity (Wildman–Crippen MR) is 238 cm³/mol. The van der Waals surface area contributed by atoms with Crippen LogP contribution in [0.5, 0.6) is 5.75 Å². The van der Waals surface area contributed by atoms with Crippen LogP contribution in [0.1, 0.15) is 173 Å². The molecule has 3 aliphatic heterocycles. The van der Waals surface area contributed by atoms with E-state index in [1.165, 1.54) is 12.8 Å². The number of hydrogen-bond acceptors (Lipinski definition) is 8. The average molecular weight is 852 g/mol. The number of carbonyl (C=O) groups is 3. The highest BCUT2D eigenvalue weighted by Gasteiger charge is 2.64. The monoisotopic (exact) mass is 852 g/mol. The number of aromatic nitrogens is 1. The van der Waals surface area contributed by atoms with Crippen molar-refractivity contribution in [1.29, 1.82) is 0 Å². The highest BCUT2D eigenvalue weighted by atomic mass is 32.2. The van der Waals surface area contributed by atoms with Crippen LogP contribution in [-0.2, 0) is 30.8 Å². The standard InChI is InChI=1S/C48H77N5O6S/c1-9-18-36(11-3)23-28-52(29-24-37(12-4)19-10-2)40-21-17-15-13-14-16-20-38-30-48(38,45(56)51-60(57,58)46(8)26-27-46)50-43(54)41-31-47(32-53(41)44(40)55)25-22-39-33(5)34(6)49-35(7)42(39)59-47/h16,20,36-38,40-41H,9-15,17-19,21-32H2,1-8H3,(H,50,54)(H,51,56). The van der Waals surface area contributed by atoms with E-state index in [1.807, 2.05) is 19.9 Å². The molecule has 0 aromatic carbocycles. The van der Waals surface area contributed by atoms with Crippen LogP contribution >= 0.6 is 0 Å². The summed E-state index contributed by atoms with van der Waals surface area (Å²) in [6.07, 6.45) is 20.3. The first-order valence-electron chi connectivity index (χ1n) is 23.8. The number of nitrogens with zero attached hydrogens (tertiary/aromatic N) is 3. The highest BCUT2D eigenvalue weighted by Crippen LogP contribution is 2.49. The van der Waals surface area contributed by atoms with Crippen molar-refractivity contribution in [2.45, 2.75) is 205 Å². The Hall–Kier alpha value is -2.99. The van der Waals surface area contributed by atoms with Crippen LogP contribution in [0.3, 0.4) is 0 Å². The maximum absolute atomic E-state index is 15.6. The number of rotatable bonds is 16. The first-order valence-corrected chi connectivity index (χ1v) is 25.3. The number of sulfonamides is 1. The topological polar surface area (TPSA) is 138 Å². The van der Waals surface area contributed by atoms with Crippen LogP contribution in [0.25, 0.3) is 0 Å². The summed E-state index contributed by atoms with van der Waals surface area (Å²) in [5.74, 6) is 0.436. The van der Waals surface area contributed by atoms with Crippen molar-refractivity contribution in [3.63, 3.8) is 0 Å². The Bertz CT molecular complexity index is 1840. The third-order valence-electron chi connectivity index (χ3n) is 15.3. The molecule has 11 nitrogen and oxygen atoms in total. The van der Waals surface area contributed by atoms with Crippen LogP contribution in [0.15, 0.2) is 12.2 Å². The zero-order valence-electron chi connectivity index (χ0n) is 38.3. The second kappa shape index (κ2) is 19.2. The van der Waals surface area contributed by atoms with E-state index in [-0.39, 0.29) is 24.8 Å². The number of nitrogens with one attached hydrogen (secondary N) is 2. The smallest absolute Gasteiger partial charge is 0.259 e. The van der Waals surface area contributed by atoms with E-state index in [1.54, 1.807) is 11.8 Å². The summed E-state index contributed by atoms with van der Waals surface area (Å²) in [6, 6.07) is -1.29. The zero-order chi connectivity index (χ0) is 43.5. The van der Waals surface area contributed by atoms with Crippen LogP contribution in [0.2, 0.25) is 0 Å². The van der Waals surface area contributed by atoms with Gasteiger partial charge in [-0.2, -0.15) is 0 Å². The molecule has 2 saturated carbocycles. The van der Waals surface area contributed by atoms with Crippen LogP contribution in [0.4, 0.5) is 0 Å². The SMILES string of the molecule is CCCC(CC)CCN(CCC(CC)CCC)C1CCCCCC=CC2CC2(C(=O)NS(=O)(=O)C2(C)CC2)NC(=O)C2CC3(CCc4c(C)c(C)nc(C)c4O3)CN2C1=O. The van der Waals surface area contributed by atoms with Gasteiger partial charge in [0.25, 0.3) is 5.91 Å². The van der Waals surface area contributed by atoms with Crippen LogP contribution < -0.4 is 14.8 Å². The van der Waals surface area contributed by atoms with Gasteiger partial charge in [-0.05, 0) is 122 Å². The van der Waals surface area contributed by atoms with E-state index in [4.69, 9.17) is 9.72 Å². The fraction of sp³-hybridized carbons (Fsp3) is 0.792. The Morgan fingerprint density at radius 2 is 1.62 bits per heavy atom. The fourth-order valence-electron chi connectivity index (χ4n) is 10.5. The van der Waals surface area contributed by atoms with E-state index in [0.29, 0.717) is 43.9 Å². The summed E-state index contributed by atoms with van der Waals surface area (Å²) in [5.41, 5.74) is 1.80. The molecule has 1 aromatic heterocycles. The van der Waals surface area contributed by atoms with Crippen molar-refractivity contribution < 1.29 is 27.5 Å². The average Bonchev–Trinajstić information content (AvgIpc) is 4.11. The molecule has 12 heteroatoms. The Morgan fingerprint density at radius 3 is 2.23 bits per heavy atom. The Balaban J connectivity index is 1.38. The van der Waals surface area contributed by atoms with Crippen LogP contribution in [0, 0.1) is 38.5 Å². The summed E-state index contributed by atoms with van der Waals surface area (Å²) in [6.45, 7) is 18.7. The maximum Gasteiger partial charge on any atom is 0.259 e. The molecule has 7 atom stereocenters. The number of ether oxygens (including phenoxy) is 1. The third kappa shape index (κ3) is 9.95. The van der Waals surface area contributed by atoms with Gasteiger partial charge in [0.15, 0.2) is 0 Å². The number of carbonyl (C=O) groups excluding carboxylic acids is 3. The first kappa shape index (κ1) is 46.5. The van der Waals surface area contributed by atoms with Crippen molar-refractivity contribution >= 4 is 27.7 Å². The molecular formula is C48H77N5O6S. The van der Waals surface area contributed by atoms with Gasteiger partial charge in [0, 0.05) is 23.6 Å². The second-order valence-electron chi connectivity index (χ2n) is 19.7. The molecule has 4 heterocycles. The largest absolute Gasteiger partial charge is 0.483 e. The molecule has 3 amide bonds. The molecule has 60 heavy (non-hydrogen) atoms. The van der Waals surface area contributed by atoms with Crippen molar-refractivity contribution in [2.24, 2.45) is 17.8 Å². The minimum atomic E-state index is -3.94. The van der Waals surface area contributed by atoms with Gasteiger partial charge in [-0.15, -0.1) is 0 Å². The lowest BCUT2D eigenvalue weighted by atomic mass is 9.86. The Kier molecular flexibility index (Phi) is 14.9. The van der Waals surface area contributed by atoms with Gasteiger partial charge < -0.3 is 15.0 Å². The summed E-state index contributed by atoms with van der Waals surface area (Å²) < 4.78 is 35.2. The number of hydrogen-bond donors (Lipinski definition) is 2. The van der Waals surface area contributed by atoms with Crippen molar-refractivity contribution in [3.05, 3.63) is 34.7 Å². The van der Waals surface area contributed by atoms with E-state index < -0.39 is 49.8 Å².